The fourth-order valence-corrected chi connectivity index (χ4v) is 7.15. The van der Waals surface area contributed by atoms with Crippen LogP contribution >= 0.6 is 11.3 Å². The highest BCUT2D eigenvalue weighted by Gasteiger charge is 2.61. The van der Waals surface area contributed by atoms with E-state index < -0.39 is 29.9 Å². The lowest BCUT2D eigenvalue weighted by molar-refractivity contribution is -0.126. The lowest BCUT2D eigenvalue weighted by Gasteiger charge is -2.29. The smallest absolute Gasteiger partial charge is 0.341 e. The van der Waals surface area contributed by atoms with Gasteiger partial charge in [0.15, 0.2) is 6.10 Å². The SMILES string of the molecule is COC(=O)c1c(N2C(=O)[C@H]3[C@H](ON(c4ccccc4C)[C@H]3c3ccc(C)cc3)C2=O)sc2c1CCCC2. The molecule has 1 aliphatic carbocycles. The van der Waals surface area contributed by atoms with Crippen molar-refractivity contribution in [1.29, 1.82) is 0 Å². The average Bonchev–Trinajstić information content (AvgIpc) is 3.54. The zero-order valence-electron chi connectivity index (χ0n) is 21.0. The van der Waals surface area contributed by atoms with Gasteiger partial charge in [0.2, 0.25) is 5.91 Å². The first-order valence-electron chi connectivity index (χ1n) is 12.6. The van der Waals surface area contributed by atoms with E-state index >= 15 is 0 Å². The van der Waals surface area contributed by atoms with Gasteiger partial charge in [-0.05, 0) is 62.3 Å². The van der Waals surface area contributed by atoms with E-state index in [-0.39, 0.29) is 5.91 Å². The minimum absolute atomic E-state index is 0.347. The standard InChI is InChI=1S/C29H28N2O5S/c1-16-12-14-18(15-13-16)24-23-25(36-31(24)20-10-6-4-8-17(20)2)27(33)30(26(23)32)28-22(29(34)35-3)19-9-5-7-11-21(19)37-28/h4,6,8,10,12-15,23-25H,5,7,9,11H2,1-3H3/t23-,24+,25+/m1/s1. The van der Waals surface area contributed by atoms with E-state index in [9.17, 15) is 14.4 Å². The van der Waals surface area contributed by atoms with Gasteiger partial charge in [0.05, 0.1) is 24.4 Å². The Kier molecular flexibility index (Phi) is 5.88. The van der Waals surface area contributed by atoms with Gasteiger partial charge >= 0.3 is 5.97 Å². The number of rotatable bonds is 4. The summed E-state index contributed by atoms with van der Waals surface area (Å²) in [6.45, 7) is 3.99. The number of imide groups is 1. The van der Waals surface area contributed by atoms with E-state index in [2.05, 4.69) is 0 Å². The summed E-state index contributed by atoms with van der Waals surface area (Å²) in [5.74, 6) is -2.05. The number of thiophene rings is 1. The molecule has 0 bridgehead atoms. The minimum Gasteiger partial charge on any atom is -0.465 e. The quantitative estimate of drug-likeness (QED) is 0.356. The third kappa shape index (κ3) is 3.69. The number of ether oxygens (including phenoxy) is 1. The van der Waals surface area contributed by atoms with Crippen LogP contribution in [0.4, 0.5) is 10.7 Å². The molecule has 8 heteroatoms. The maximum atomic E-state index is 14.1. The summed E-state index contributed by atoms with van der Waals surface area (Å²) in [6, 6.07) is 15.3. The van der Waals surface area contributed by atoms with Crippen LogP contribution in [0.15, 0.2) is 48.5 Å². The zero-order chi connectivity index (χ0) is 25.8. The van der Waals surface area contributed by atoms with Crippen molar-refractivity contribution in [3.05, 3.63) is 81.2 Å². The van der Waals surface area contributed by atoms with Crippen molar-refractivity contribution in [2.24, 2.45) is 5.92 Å². The maximum absolute atomic E-state index is 14.1. The summed E-state index contributed by atoms with van der Waals surface area (Å²) < 4.78 is 5.09. The van der Waals surface area contributed by atoms with Crippen molar-refractivity contribution in [3.63, 3.8) is 0 Å². The van der Waals surface area contributed by atoms with Crippen LogP contribution in [0.1, 0.15) is 56.4 Å². The molecule has 2 fully saturated rings. The summed E-state index contributed by atoms with van der Waals surface area (Å²) in [5, 5.41) is 2.10. The number of carbonyl (C=O) groups excluding carboxylic acids is 3. The van der Waals surface area contributed by atoms with Crippen LogP contribution < -0.4 is 9.96 Å². The van der Waals surface area contributed by atoms with E-state index in [1.54, 1.807) is 5.06 Å². The molecule has 3 aliphatic rings. The van der Waals surface area contributed by atoms with Crippen molar-refractivity contribution in [1.82, 2.24) is 0 Å². The highest BCUT2D eigenvalue weighted by molar-refractivity contribution is 7.17. The van der Waals surface area contributed by atoms with Crippen molar-refractivity contribution < 1.29 is 24.0 Å². The monoisotopic (exact) mass is 516 g/mol. The molecule has 3 aromatic rings. The number of aryl methyl sites for hydroxylation is 3. The fourth-order valence-electron chi connectivity index (χ4n) is 5.76. The largest absolute Gasteiger partial charge is 0.465 e. The number of hydrogen-bond donors (Lipinski definition) is 0. The second-order valence-corrected chi connectivity index (χ2v) is 11.0. The molecule has 0 unspecified atom stereocenters. The number of carbonyl (C=O) groups is 3. The van der Waals surface area contributed by atoms with E-state index in [1.165, 1.54) is 23.3 Å². The number of hydroxylamine groups is 1. The topological polar surface area (TPSA) is 76.2 Å². The first-order chi connectivity index (χ1) is 17.9. The van der Waals surface area contributed by atoms with Crippen LogP contribution in [0.25, 0.3) is 0 Å². The maximum Gasteiger partial charge on any atom is 0.341 e. The Morgan fingerprint density at radius 1 is 1.00 bits per heavy atom. The molecule has 6 rings (SSSR count). The highest BCUT2D eigenvalue weighted by atomic mass is 32.1. The van der Waals surface area contributed by atoms with Gasteiger partial charge in [-0.2, -0.15) is 0 Å². The number of benzene rings is 2. The van der Waals surface area contributed by atoms with E-state index in [4.69, 9.17) is 9.57 Å². The molecule has 2 aromatic carbocycles. The highest BCUT2D eigenvalue weighted by Crippen LogP contribution is 2.50. The van der Waals surface area contributed by atoms with Gasteiger partial charge in [0, 0.05) is 4.88 Å². The molecule has 190 valence electrons. The van der Waals surface area contributed by atoms with Crippen molar-refractivity contribution in [3.8, 4) is 0 Å². The zero-order valence-corrected chi connectivity index (χ0v) is 21.8. The first kappa shape index (κ1) is 23.9. The molecule has 7 nitrogen and oxygen atoms in total. The predicted octanol–water partition coefficient (Wildman–Crippen LogP) is 5.08. The summed E-state index contributed by atoms with van der Waals surface area (Å²) >= 11 is 1.36. The molecule has 3 heterocycles. The Labute approximate surface area is 219 Å². The van der Waals surface area contributed by atoms with Crippen LogP contribution in [-0.4, -0.2) is 31.0 Å². The summed E-state index contributed by atoms with van der Waals surface area (Å²) in [5.41, 5.74) is 5.05. The fraction of sp³-hybridized carbons (Fsp3) is 0.345. The molecular formula is C29H28N2O5S. The number of para-hydroxylation sites is 1. The predicted molar refractivity (Wildman–Crippen MR) is 141 cm³/mol. The minimum atomic E-state index is -0.983. The molecule has 1 aromatic heterocycles. The Morgan fingerprint density at radius 3 is 2.46 bits per heavy atom. The summed E-state index contributed by atoms with van der Waals surface area (Å²) in [7, 11) is 1.33. The number of nitrogens with zero attached hydrogens (tertiary/aromatic N) is 2. The number of fused-ring (bicyclic) bond motifs is 2. The van der Waals surface area contributed by atoms with Crippen LogP contribution in [0, 0.1) is 19.8 Å². The van der Waals surface area contributed by atoms with E-state index in [0.717, 1.165) is 58.5 Å². The number of esters is 1. The normalized spacial score (nSPS) is 22.8. The number of anilines is 2. The van der Waals surface area contributed by atoms with Gasteiger partial charge in [-0.1, -0.05) is 48.0 Å². The molecule has 0 radical (unpaired) electrons. The van der Waals surface area contributed by atoms with Gasteiger partial charge in [-0.15, -0.1) is 11.3 Å². The molecule has 2 saturated heterocycles. The number of methoxy groups -OCH3 is 1. The van der Waals surface area contributed by atoms with Crippen molar-refractivity contribution in [2.45, 2.75) is 51.7 Å². The third-order valence-corrected chi connectivity index (χ3v) is 8.91. The Hall–Kier alpha value is -3.49. The Balaban J connectivity index is 1.46. The summed E-state index contributed by atoms with van der Waals surface area (Å²) in [4.78, 5) is 49.5. The number of hydrogen-bond acceptors (Lipinski definition) is 7. The Morgan fingerprint density at radius 2 is 1.73 bits per heavy atom. The van der Waals surface area contributed by atoms with Crippen LogP contribution in [-0.2, 0) is 32.0 Å². The van der Waals surface area contributed by atoms with Crippen molar-refractivity contribution >= 4 is 39.8 Å². The third-order valence-electron chi connectivity index (χ3n) is 7.63. The van der Waals surface area contributed by atoms with E-state index in [1.807, 2.05) is 62.4 Å². The van der Waals surface area contributed by atoms with Gasteiger partial charge < -0.3 is 4.74 Å². The van der Waals surface area contributed by atoms with Crippen molar-refractivity contribution in [2.75, 3.05) is 17.1 Å². The molecule has 2 aliphatic heterocycles. The van der Waals surface area contributed by atoms with E-state index in [0.29, 0.717) is 10.6 Å². The molecule has 0 spiro atoms. The molecule has 3 atom stereocenters. The van der Waals surface area contributed by atoms with Gasteiger partial charge in [-0.3, -0.25) is 14.4 Å². The van der Waals surface area contributed by atoms with Crippen LogP contribution in [0.5, 0.6) is 0 Å². The molecule has 0 N–H and O–H groups in total. The molecular weight excluding hydrogens is 488 g/mol. The second-order valence-electron chi connectivity index (χ2n) is 9.91. The average molecular weight is 517 g/mol. The van der Waals surface area contributed by atoms with Crippen LogP contribution in [0.3, 0.4) is 0 Å². The van der Waals surface area contributed by atoms with Crippen LogP contribution in [0.2, 0.25) is 0 Å². The Bertz CT molecular complexity index is 1410. The first-order valence-corrected chi connectivity index (χ1v) is 13.4. The second kappa shape index (κ2) is 9.11. The molecule has 2 amide bonds. The van der Waals surface area contributed by atoms with Gasteiger partial charge in [-0.25, -0.2) is 14.8 Å². The lowest BCUT2D eigenvalue weighted by Crippen LogP contribution is -2.38. The van der Waals surface area contributed by atoms with Gasteiger partial charge in [0.1, 0.15) is 10.9 Å². The lowest BCUT2D eigenvalue weighted by atomic mass is 9.90. The molecule has 0 saturated carbocycles. The number of amides is 2. The summed E-state index contributed by atoms with van der Waals surface area (Å²) in [6.07, 6.45) is 2.57. The van der Waals surface area contributed by atoms with Gasteiger partial charge in [0.25, 0.3) is 5.91 Å². The molecule has 37 heavy (non-hydrogen) atoms.